The molecule has 0 aromatic carbocycles. The normalized spacial score (nSPS) is 8.88. The Balaban J connectivity index is 3.32. The lowest BCUT2D eigenvalue weighted by atomic mass is 10.5. The van der Waals surface area contributed by atoms with Gasteiger partial charge in [-0.15, -0.1) is 0 Å². The molecule has 0 aromatic rings. The maximum Gasteiger partial charge on any atom is 0.282 e. The van der Waals surface area contributed by atoms with E-state index in [0.29, 0.717) is 0 Å². The summed E-state index contributed by atoms with van der Waals surface area (Å²) in [4.78, 5) is 12.1. The second-order valence-corrected chi connectivity index (χ2v) is 2.60. The molecule has 0 heterocycles. The summed E-state index contributed by atoms with van der Waals surface area (Å²) in [6.07, 6.45) is 1.03. The first-order valence-corrected chi connectivity index (χ1v) is 3.67. The van der Waals surface area contributed by atoms with Gasteiger partial charge in [0.05, 0.1) is 0 Å². The number of halogens is 1. The minimum absolute atomic E-state index is 0.115. The van der Waals surface area contributed by atoms with E-state index in [1.54, 1.807) is 34.5 Å². The standard InChI is InChI=1S/C5H10INO/c1-3-4-7(2)5(6)8/h3-4H2,1-2H3. The van der Waals surface area contributed by atoms with Crippen molar-refractivity contribution in [2.24, 2.45) is 0 Å². The number of nitrogens with zero attached hydrogens (tertiary/aromatic N) is 1. The first kappa shape index (κ1) is 8.20. The van der Waals surface area contributed by atoms with Crippen molar-refractivity contribution in [1.29, 1.82) is 0 Å². The second kappa shape index (κ2) is 4.12. The molecule has 0 unspecified atom stereocenters. The van der Waals surface area contributed by atoms with Gasteiger partial charge in [0, 0.05) is 36.2 Å². The summed E-state index contributed by atoms with van der Waals surface area (Å²) < 4.78 is 0.115. The van der Waals surface area contributed by atoms with Crippen molar-refractivity contribution in [1.82, 2.24) is 4.90 Å². The monoisotopic (exact) mass is 227 g/mol. The molecule has 8 heavy (non-hydrogen) atoms. The van der Waals surface area contributed by atoms with E-state index in [1.807, 2.05) is 0 Å². The van der Waals surface area contributed by atoms with Crippen molar-refractivity contribution in [2.75, 3.05) is 13.6 Å². The van der Waals surface area contributed by atoms with Gasteiger partial charge in [0.1, 0.15) is 0 Å². The van der Waals surface area contributed by atoms with Crippen LogP contribution in [0.1, 0.15) is 13.3 Å². The fourth-order valence-corrected chi connectivity index (χ4v) is 0.665. The van der Waals surface area contributed by atoms with E-state index in [-0.39, 0.29) is 3.91 Å². The lowest BCUT2D eigenvalue weighted by Crippen LogP contribution is -2.20. The topological polar surface area (TPSA) is 20.3 Å². The zero-order valence-corrected chi connectivity index (χ0v) is 7.31. The third-order valence-corrected chi connectivity index (χ3v) is 1.68. The Morgan fingerprint density at radius 3 is 2.38 bits per heavy atom. The van der Waals surface area contributed by atoms with Crippen molar-refractivity contribution >= 4 is 26.5 Å². The molecule has 0 bridgehead atoms. The SMILES string of the molecule is CCCN(C)C(=O)I. The molecule has 0 fully saturated rings. The zero-order valence-electron chi connectivity index (χ0n) is 5.15. The zero-order chi connectivity index (χ0) is 6.57. The largest absolute Gasteiger partial charge is 0.337 e. The Hall–Kier alpha value is 0.200. The summed E-state index contributed by atoms with van der Waals surface area (Å²) in [5.41, 5.74) is 0. The highest BCUT2D eigenvalue weighted by Gasteiger charge is 1.98. The van der Waals surface area contributed by atoms with Gasteiger partial charge in [0.25, 0.3) is 3.91 Å². The van der Waals surface area contributed by atoms with Crippen LogP contribution < -0.4 is 0 Å². The van der Waals surface area contributed by atoms with Crippen molar-refractivity contribution in [3.8, 4) is 0 Å². The van der Waals surface area contributed by atoms with Crippen molar-refractivity contribution in [2.45, 2.75) is 13.3 Å². The van der Waals surface area contributed by atoms with E-state index in [9.17, 15) is 4.79 Å². The van der Waals surface area contributed by atoms with Crippen molar-refractivity contribution < 1.29 is 4.79 Å². The molecular weight excluding hydrogens is 217 g/mol. The lowest BCUT2D eigenvalue weighted by Gasteiger charge is -2.10. The highest BCUT2D eigenvalue weighted by molar-refractivity contribution is 14.1. The summed E-state index contributed by atoms with van der Waals surface area (Å²) in [5, 5.41) is 0. The number of carbonyl (C=O) groups excluding carboxylic acids is 1. The van der Waals surface area contributed by atoms with Crippen LogP contribution in [0.4, 0.5) is 4.79 Å². The van der Waals surface area contributed by atoms with Gasteiger partial charge in [-0.25, -0.2) is 0 Å². The number of carbonyl (C=O) groups is 1. The van der Waals surface area contributed by atoms with Gasteiger partial charge in [-0.2, -0.15) is 0 Å². The van der Waals surface area contributed by atoms with Gasteiger partial charge in [-0.05, 0) is 6.42 Å². The molecule has 1 amide bonds. The predicted molar refractivity (Wildman–Crippen MR) is 42.3 cm³/mol. The number of hydrogen-bond acceptors (Lipinski definition) is 1. The van der Waals surface area contributed by atoms with Crippen LogP contribution in [0.2, 0.25) is 0 Å². The smallest absolute Gasteiger partial charge is 0.282 e. The third kappa shape index (κ3) is 3.23. The number of rotatable bonds is 2. The molecule has 2 nitrogen and oxygen atoms in total. The quantitative estimate of drug-likeness (QED) is 0.400. The molecule has 0 atom stereocenters. The van der Waals surface area contributed by atoms with E-state index in [0.717, 1.165) is 13.0 Å². The van der Waals surface area contributed by atoms with Crippen LogP contribution in [-0.4, -0.2) is 22.4 Å². The first-order chi connectivity index (χ1) is 3.68. The summed E-state index contributed by atoms with van der Waals surface area (Å²) >= 11 is 1.78. The van der Waals surface area contributed by atoms with E-state index in [1.165, 1.54) is 0 Å². The number of amides is 1. The Morgan fingerprint density at radius 2 is 2.25 bits per heavy atom. The molecule has 3 heteroatoms. The fourth-order valence-electron chi connectivity index (χ4n) is 0.423. The van der Waals surface area contributed by atoms with Crippen LogP contribution in [0.15, 0.2) is 0 Å². The minimum Gasteiger partial charge on any atom is -0.337 e. The van der Waals surface area contributed by atoms with Crippen molar-refractivity contribution in [3.63, 3.8) is 0 Å². The van der Waals surface area contributed by atoms with E-state index < -0.39 is 0 Å². The molecule has 48 valence electrons. The molecule has 0 rings (SSSR count). The fraction of sp³-hybridized carbons (Fsp3) is 0.800. The van der Waals surface area contributed by atoms with Crippen LogP contribution in [0.3, 0.4) is 0 Å². The Kier molecular flexibility index (Phi) is 4.22. The van der Waals surface area contributed by atoms with E-state index in [4.69, 9.17) is 0 Å². The highest BCUT2D eigenvalue weighted by atomic mass is 127. The maximum absolute atomic E-state index is 10.4. The van der Waals surface area contributed by atoms with Gasteiger partial charge in [-0.1, -0.05) is 6.92 Å². The van der Waals surface area contributed by atoms with Gasteiger partial charge >= 0.3 is 0 Å². The second-order valence-electron chi connectivity index (χ2n) is 1.67. The predicted octanol–water partition coefficient (Wildman–Crippen LogP) is 1.88. The lowest BCUT2D eigenvalue weighted by molar-refractivity contribution is 0.236. The Morgan fingerprint density at radius 1 is 1.75 bits per heavy atom. The molecule has 0 aliphatic heterocycles. The van der Waals surface area contributed by atoms with Crippen LogP contribution in [0, 0.1) is 0 Å². The summed E-state index contributed by atoms with van der Waals surface area (Å²) in [7, 11) is 1.80. The molecule has 0 aliphatic carbocycles. The van der Waals surface area contributed by atoms with Crippen LogP contribution in [0.25, 0.3) is 0 Å². The molecule has 0 spiro atoms. The summed E-state index contributed by atoms with van der Waals surface area (Å²) in [5.74, 6) is 0. The van der Waals surface area contributed by atoms with Crippen LogP contribution in [0.5, 0.6) is 0 Å². The van der Waals surface area contributed by atoms with Crippen LogP contribution in [-0.2, 0) is 0 Å². The van der Waals surface area contributed by atoms with Crippen molar-refractivity contribution in [3.05, 3.63) is 0 Å². The molecule has 0 radical (unpaired) electrons. The van der Waals surface area contributed by atoms with Gasteiger partial charge in [-0.3, -0.25) is 4.79 Å². The average molecular weight is 227 g/mol. The van der Waals surface area contributed by atoms with Gasteiger partial charge in [0.15, 0.2) is 0 Å². The summed E-state index contributed by atoms with van der Waals surface area (Å²) in [6, 6.07) is 0. The Bertz CT molecular complexity index is 84.5. The summed E-state index contributed by atoms with van der Waals surface area (Å²) in [6.45, 7) is 2.91. The first-order valence-electron chi connectivity index (χ1n) is 2.59. The highest BCUT2D eigenvalue weighted by Crippen LogP contribution is 1.95. The molecular formula is C5H10INO. The number of hydrogen-bond donors (Lipinski definition) is 0. The van der Waals surface area contributed by atoms with Gasteiger partial charge < -0.3 is 4.90 Å². The van der Waals surface area contributed by atoms with E-state index in [2.05, 4.69) is 6.92 Å². The maximum atomic E-state index is 10.4. The third-order valence-electron chi connectivity index (χ3n) is 0.859. The molecule has 0 saturated carbocycles. The molecule has 0 N–H and O–H groups in total. The average Bonchev–Trinajstić information content (AvgIpc) is 1.67. The van der Waals surface area contributed by atoms with Crippen LogP contribution >= 0.6 is 22.6 Å². The minimum atomic E-state index is 0.115. The molecule has 0 saturated heterocycles. The molecule has 0 aromatic heterocycles. The molecule has 0 aliphatic rings. The Labute approximate surface area is 63.4 Å². The van der Waals surface area contributed by atoms with E-state index >= 15 is 0 Å². The van der Waals surface area contributed by atoms with Gasteiger partial charge in [0.2, 0.25) is 0 Å².